The number of nitrogens with zero attached hydrogens (tertiary/aromatic N) is 2. The van der Waals surface area contributed by atoms with Gasteiger partial charge >= 0.3 is 0 Å². The molecular formula is C9H15N3O. The lowest BCUT2D eigenvalue weighted by atomic mass is 10.3. The van der Waals surface area contributed by atoms with Crippen LogP contribution in [0.4, 0.5) is 0 Å². The van der Waals surface area contributed by atoms with E-state index >= 15 is 0 Å². The third-order valence-electron chi connectivity index (χ3n) is 1.80. The second-order valence-electron chi connectivity index (χ2n) is 2.97. The van der Waals surface area contributed by atoms with E-state index in [1.54, 1.807) is 17.8 Å². The molecule has 0 aliphatic rings. The summed E-state index contributed by atoms with van der Waals surface area (Å²) in [5, 5.41) is 6.82. The van der Waals surface area contributed by atoms with Gasteiger partial charge in [-0.25, -0.2) is 0 Å². The number of aryl methyl sites for hydroxylation is 2. The maximum atomic E-state index is 11.4. The Morgan fingerprint density at radius 1 is 1.69 bits per heavy atom. The van der Waals surface area contributed by atoms with Crippen LogP contribution in [-0.4, -0.2) is 22.7 Å². The van der Waals surface area contributed by atoms with E-state index in [0.717, 1.165) is 18.7 Å². The molecule has 0 radical (unpaired) electrons. The summed E-state index contributed by atoms with van der Waals surface area (Å²) in [5.41, 5.74) is 1.52. The van der Waals surface area contributed by atoms with Crippen molar-refractivity contribution in [3.8, 4) is 0 Å². The minimum absolute atomic E-state index is 0.0750. The van der Waals surface area contributed by atoms with Gasteiger partial charge in [0.05, 0.1) is 5.69 Å². The lowest BCUT2D eigenvalue weighted by Gasteiger charge is -2.03. The highest BCUT2D eigenvalue weighted by atomic mass is 16.1. The van der Waals surface area contributed by atoms with Gasteiger partial charge in [-0.1, -0.05) is 6.92 Å². The van der Waals surface area contributed by atoms with Gasteiger partial charge in [-0.2, -0.15) is 5.10 Å². The monoisotopic (exact) mass is 181 g/mol. The second-order valence-corrected chi connectivity index (χ2v) is 2.97. The molecule has 0 unspecified atom stereocenters. The van der Waals surface area contributed by atoms with Crippen LogP contribution in [0.25, 0.3) is 0 Å². The maximum Gasteiger partial charge on any atom is 0.269 e. The second kappa shape index (κ2) is 4.07. The first-order valence-electron chi connectivity index (χ1n) is 4.45. The number of rotatable bonds is 3. The molecule has 0 atom stereocenters. The Morgan fingerprint density at radius 2 is 2.38 bits per heavy atom. The van der Waals surface area contributed by atoms with E-state index in [-0.39, 0.29) is 5.91 Å². The fourth-order valence-corrected chi connectivity index (χ4v) is 1.24. The van der Waals surface area contributed by atoms with Crippen molar-refractivity contribution in [1.82, 2.24) is 15.1 Å². The fraction of sp³-hybridized carbons (Fsp3) is 0.556. The van der Waals surface area contributed by atoms with Crippen molar-refractivity contribution in [3.63, 3.8) is 0 Å². The van der Waals surface area contributed by atoms with Gasteiger partial charge in [0.2, 0.25) is 0 Å². The van der Waals surface area contributed by atoms with Gasteiger partial charge in [-0.05, 0) is 19.4 Å². The van der Waals surface area contributed by atoms with Gasteiger partial charge < -0.3 is 5.32 Å². The highest BCUT2D eigenvalue weighted by molar-refractivity contribution is 5.92. The number of carbonyl (C=O) groups excluding carboxylic acids is 1. The third-order valence-corrected chi connectivity index (χ3v) is 1.80. The molecule has 1 aromatic heterocycles. The van der Waals surface area contributed by atoms with E-state index in [4.69, 9.17) is 0 Å². The van der Waals surface area contributed by atoms with Crippen LogP contribution in [0.2, 0.25) is 0 Å². The summed E-state index contributed by atoms with van der Waals surface area (Å²) in [5.74, 6) is -0.0750. The van der Waals surface area contributed by atoms with Crippen LogP contribution < -0.4 is 5.32 Å². The maximum absolute atomic E-state index is 11.4. The predicted molar refractivity (Wildman–Crippen MR) is 50.6 cm³/mol. The van der Waals surface area contributed by atoms with Gasteiger partial charge in [0.1, 0.15) is 5.69 Å². The summed E-state index contributed by atoms with van der Waals surface area (Å²) in [4.78, 5) is 11.4. The molecule has 1 heterocycles. The third kappa shape index (κ3) is 2.08. The average molecular weight is 181 g/mol. The van der Waals surface area contributed by atoms with Crippen LogP contribution >= 0.6 is 0 Å². The number of carbonyl (C=O) groups is 1. The Kier molecular flexibility index (Phi) is 3.06. The van der Waals surface area contributed by atoms with Crippen molar-refractivity contribution in [1.29, 1.82) is 0 Å². The summed E-state index contributed by atoms with van der Waals surface area (Å²) in [6, 6.07) is 1.80. The fourth-order valence-electron chi connectivity index (χ4n) is 1.24. The summed E-state index contributed by atoms with van der Waals surface area (Å²) < 4.78 is 1.74. The normalized spacial score (nSPS) is 10.1. The van der Waals surface area contributed by atoms with Crippen LogP contribution in [-0.2, 0) is 6.54 Å². The molecule has 0 fully saturated rings. The Bertz CT molecular complexity index is 304. The zero-order chi connectivity index (χ0) is 9.84. The first-order chi connectivity index (χ1) is 6.19. The summed E-state index contributed by atoms with van der Waals surface area (Å²) >= 11 is 0. The number of hydrogen-bond acceptors (Lipinski definition) is 2. The van der Waals surface area contributed by atoms with Crippen LogP contribution in [0.1, 0.15) is 29.5 Å². The molecule has 4 nitrogen and oxygen atoms in total. The lowest BCUT2D eigenvalue weighted by molar-refractivity contribution is 0.0952. The Labute approximate surface area is 77.9 Å². The lowest BCUT2D eigenvalue weighted by Crippen LogP contribution is -2.22. The summed E-state index contributed by atoms with van der Waals surface area (Å²) in [6.45, 7) is 4.74. The first kappa shape index (κ1) is 9.77. The van der Waals surface area contributed by atoms with Gasteiger partial charge in [0.25, 0.3) is 5.91 Å². The van der Waals surface area contributed by atoms with E-state index in [2.05, 4.69) is 17.3 Å². The van der Waals surface area contributed by atoms with Crippen LogP contribution in [0.5, 0.6) is 0 Å². The predicted octanol–water partition coefficient (Wildman–Crippen LogP) is 0.961. The minimum atomic E-state index is -0.0750. The highest BCUT2D eigenvalue weighted by Gasteiger charge is 2.10. The summed E-state index contributed by atoms with van der Waals surface area (Å²) in [7, 11) is 1.63. The molecule has 1 amide bonds. The van der Waals surface area contributed by atoms with Crippen molar-refractivity contribution in [2.24, 2.45) is 0 Å². The van der Waals surface area contributed by atoms with Crippen molar-refractivity contribution in [2.45, 2.75) is 26.8 Å². The van der Waals surface area contributed by atoms with E-state index in [9.17, 15) is 4.79 Å². The molecule has 1 rings (SSSR count). The topological polar surface area (TPSA) is 46.9 Å². The molecule has 1 N–H and O–H groups in total. The van der Waals surface area contributed by atoms with Crippen molar-refractivity contribution in [3.05, 3.63) is 17.5 Å². The van der Waals surface area contributed by atoms with E-state index < -0.39 is 0 Å². The van der Waals surface area contributed by atoms with Gasteiger partial charge in [0, 0.05) is 13.6 Å². The molecule has 0 saturated carbocycles. The Hall–Kier alpha value is -1.32. The van der Waals surface area contributed by atoms with Crippen LogP contribution in [0.15, 0.2) is 6.07 Å². The number of amides is 1. The van der Waals surface area contributed by atoms with Crippen molar-refractivity contribution in [2.75, 3.05) is 7.05 Å². The SMILES string of the molecule is CCCn1nc(C)cc1C(=O)NC. The molecule has 1 aromatic rings. The highest BCUT2D eigenvalue weighted by Crippen LogP contribution is 2.04. The van der Waals surface area contributed by atoms with Gasteiger partial charge in [-0.3, -0.25) is 9.48 Å². The average Bonchev–Trinajstić information content (AvgIpc) is 2.46. The largest absolute Gasteiger partial charge is 0.354 e. The summed E-state index contributed by atoms with van der Waals surface area (Å²) in [6.07, 6.45) is 0.977. The zero-order valence-electron chi connectivity index (χ0n) is 8.29. The zero-order valence-corrected chi connectivity index (χ0v) is 8.29. The number of aromatic nitrogens is 2. The molecule has 0 aliphatic carbocycles. The molecule has 13 heavy (non-hydrogen) atoms. The quantitative estimate of drug-likeness (QED) is 0.755. The molecule has 72 valence electrons. The van der Waals surface area contributed by atoms with Crippen LogP contribution in [0.3, 0.4) is 0 Å². The molecule has 0 bridgehead atoms. The van der Waals surface area contributed by atoms with E-state index in [0.29, 0.717) is 5.69 Å². The smallest absolute Gasteiger partial charge is 0.269 e. The molecule has 0 aliphatic heterocycles. The van der Waals surface area contributed by atoms with Gasteiger partial charge in [0.15, 0.2) is 0 Å². The first-order valence-corrected chi connectivity index (χ1v) is 4.45. The van der Waals surface area contributed by atoms with Crippen molar-refractivity contribution < 1.29 is 4.79 Å². The Balaban J connectivity index is 2.96. The molecule has 0 saturated heterocycles. The molecule has 4 heteroatoms. The molecule has 0 spiro atoms. The Morgan fingerprint density at radius 3 is 2.92 bits per heavy atom. The standard InChI is InChI=1S/C9H15N3O/c1-4-5-12-8(9(13)10-3)6-7(2)11-12/h6H,4-5H2,1-3H3,(H,10,13). The molecular weight excluding hydrogens is 166 g/mol. The minimum Gasteiger partial charge on any atom is -0.354 e. The van der Waals surface area contributed by atoms with Crippen molar-refractivity contribution >= 4 is 5.91 Å². The van der Waals surface area contributed by atoms with Crippen LogP contribution in [0, 0.1) is 6.92 Å². The van der Waals surface area contributed by atoms with Gasteiger partial charge in [-0.15, -0.1) is 0 Å². The number of hydrogen-bond donors (Lipinski definition) is 1. The van der Waals surface area contributed by atoms with E-state index in [1.165, 1.54) is 0 Å². The number of nitrogens with one attached hydrogen (secondary N) is 1. The molecule has 0 aromatic carbocycles. The van der Waals surface area contributed by atoms with E-state index in [1.807, 2.05) is 6.92 Å².